The van der Waals surface area contributed by atoms with Gasteiger partial charge in [-0.25, -0.2) is 0 Å². The number of halogens is 1. The zero-order chi connectivity index (χ0) is 19.6. The first-order valence-corrected chi connectivity index (χ1v) is 10.0. The summed E-state index contributed by atoms with van der Waals surface area (Å²) in [6, 6.07) is 12.6. The summed E-state index contributed by atoms with van der Waals surface area (Å²) >= 11 is 8.64. The van der Waals surface area contributed by atoms with Crippen molar-refractivity contribution in [2.24, 2.45) is 0 Å². The molecule has 2 aromatic rings. The van der Waals surface area contributed by atoms with Crippen molar-refractivity contribution in [1.82, 2.24) is 5.32 Å². The van der Waals surface area contributed by atoms with Crippen LogP contribution in [-0.2, 0) is 0 Å². The number of benzene rings is 2. The van der Waals surface area contributed by atoms with Gasteiger partial charge >= 0.3 is 0 Å². The highest BCUT2D eigenvalue weighted by atomic mass is 79.9. The second kappa shape index (κ2) is 10.9. The van der Waals surface area contributed by atoms with Crippen molar-refractivity contribution in [2.75, 3.05) is 18.5 Å². The number of hydrogen-bond acceptors (Lipinski definition) is 4. The Morgan fingerprint density at radius 3 is 2.67 bits per heavy atom. The van der Waals surface area contributed by atoms with Gasteiger partial charge in [-0.15, -0.1) is 0 Å². The van der Waals surface area contributed by atoms with Crippen LogP contribution in [-0.4, -0.2) is 24.2 Å². The van der Waals surface area contributed by atoms with Crippen molar-refractivity contribution in [2.45, 2.75) is 26.7 Å². The number of carbonyl (C=O) groups excluding carboxylic acids is 1. The number of thiocarbonyl (C=S) groups is 1. The van der Waals surface area contributed by atoms with Crippen LogP contribution in [0.3, 0.4) is 0 Å². The Morgan fingerprint density at radius 1 is 1.15 bits per heavy atom. The van der Waals surface area contributed by atoms with E-state index in [4.69, 9.17) is 21.7 Å². The number of hydrogen-bond donors (Lipinski definition) is 2. The van der Waals surface area contributed by atoms with Crippen LogP contribution in [0.15, 0.2) is 46.9 Å². The Labute approximate surface area is 173 Å². The molecule has 0 aliphatic heterocycles. The highest BCUT2D eigenvalue weighted by Crippen LogP contribution is 2.26. The molecule has 27 heavy (non-hydrogen) atoms. The summed E-state index contributed by atoms with van der Waals surface area (Å²) in [6.07, 6.45) is 2.08. The maximum Gasteiger partial charge on any atom is 0.257 e. The molecule has 0 saturated heterocycles. The van der Waals surface area contributed by atoms with E-state index in [1.807, 2.05) is 31.2 Å². The molecule has 0 aliphatic carbocycles. The van der Waals surface area contributed by atoms with Crippen LogP contribution >= 0.6 is 28.1 Å². The van der Waals surface area contributed by atoms with Crippen molar-refractivity contribution in [3.8, 4) is 11.5 Å². The molecule has 5 nitrogen and oxygen atoms in total. The standard InChI is InChI=1S/C20H23BrN2O3S/c1-3-5-11-26-16-8-6-7-15(13-16)22-20(27)23-19(24)14-9-10-18(25-4-2)17(21)12-14/h6-10,12-13H,3-5,11H2,1-2H3,(H2,22,23,24,27). The number of unbranched alkanes of at least 4 members (excludes halogenated alkanes) is 1. The van der Waals surface area contributed by atoms with E-state index >= 15 is 0 Å². The lowest BCUT2D eigenvalue weighted by Crippen LogP contribution is -2.34. The number of amides is 1. The summed E-state index contributed by atoms with van der Waals surface area (Å²) in [4.78, 5) is 12.4. The van der Waals surface area contributed by atoms with Gasteiger partial charge in [0.25, 0.3) is 5.91 Å². The van der Waals surface area contributed by atoms with Crippen LogP contribution in [0.4, 0.5) is 5.69 Å². The lowest BCUT2D eigenvalue weighted by molar-refractivity contribution is 0.0977. The molecule has 0 radical (unpaired) electrons. The van der Waals surface area contributed by atoms with Gasteiger partial charge < -0.3 is 14.8 Å². The monoisotopic (exact) mass is 450 g/mol. The normalized spacial score (nSPS) is 10.2. The Morgan fingerprint density at radius 2 is 1.96 bits per heavy atom. The Hall–Kier alpha value is -2.12. The van der Waals surface area contributed by atoms with Crippen LogP contribution in [0.5, 0.6) is 11.5 Å². The molecule has 1 amide bonds. The Bertz CT molecular complexity index is 799. The van der Waals surface area contributed by atoms with Gasteiger partial charge in [-0.2, -0.15) is 0 Å². The van der Waals surface area contributed by atoms with Gasteiger partial charge in [-0.05, 0) is 71.8 Å². The molecule has 0 aromatic heterocycles. The van der Waals surface area contributed by atoms with E-state index in [-0.39, 0.29) is 11.0 Å². The largest absolute Gasteiger partial charge is 0.494 e. The summed E-state index contributed by atoms with van der Waals surface area (Å²) in [6.45, 7) is 5.25. The molecule has 0 unspecified atom stereocenters. The average Bonchev–Trinajstić information content (AvgIpc) is 2.64. The molecule has 0 fully saturated rings. The third-order valence-corrected chi connectivity index (χ3v) is 4.40. The van der Waals surface area contributed by atoms with Crippen molar-refractivity contribution < 1.29 is 14.3 Å². The van der Waals surface area contributed by atoms with E-state index in [9.17, 15) is 4.79 Å². The van der Waals surface area contributed by atoms with E-state index < -0.39 is 0 Å². The topological polar surface area (TPSA) is 59.6 Å². The summed E-state index contributed by atoms with van der Waals surface area (Å²) in [5, 5.41) is 5.90. The SMILES string of the molecule is CCCCOc1cccc(NC(=S)NC(=O)c2ccc(OCC)c(Br)c2)c1. The molecular weight excluding hydrogens is 428 g/mol. The van der Waals surface area contributed by atoms with E-state index in [0.717, 1.165) is 24.3 Å². The molecular formula is C20H23BrN2O3S. The number of anilines is 1. The molecule has 144 valence electrons. The molecule has 0 bridgehead atoms. The van der Waals surface area contributed by atoms with Crippen molar-refractivity contribution in [1.29, 1.82) is 0 Å². The predicted molar refractivity (Wildman–Crippen MR) is 116 cm³/mol. The fourth-order valence-electron chi connectivity index (χ4n) is 2.25. The van der Waals surface area contributed by atoms with Gasteiger partial charge in [0.05, 0.1) is 17.7 Å². The molecule has 0 aliphatic rings. The number of rotatable bonds is 8. The smallest absolute Gasteiger partial charge is 0.257 e. The summed E-state index contributed by atoms with van der Waals surface area (Å²) < 4.78 is 11.8. The second-order valence-electron chi connectivity index (χ2n) is 5.72. The summed E-state index contributed by atoms with van der Waals surface area (Å²) in [7, 11) is 0. The minimum absolute atomic E-state index is 0.218. The van der Waals surface area contributed by atoms with Gasteiger partial charge in [-0.1, -0.05) is 19.4 Å². The maximum absolute atomic E-state index is 12.4. The zero-order valence-electron chi connectivity index (χ0n) is 15.4. The third-order valence-electron chi connectivity index (χ3n) is 3.58. The van der Waals surface area contributed by atoms with E-state index in [1.54, 1.807) is 18.2 Å². The van der Waals surface area contributed by atoms with Crippen LogP contribution < -0.4 is 20.1 Å². The molecule has 0 spiro atoms. The fourth-order valence-corrected chi connectivity index (χ4v) is 2.95. The van der Waals surface area contributed by atoms with Gasteiger partial charge in [0, 0.05) is 17.3 Å². The molecule has 0 saturated carbocycles. The van der Waals surface area contributed by atoms with Gasteiger partial charge in [0.15, 0.2) is 5.11 Å². The average molecular weight is 451 g/mol. The number of carbonyl (C=O) groups is 1. The molecule has 7 heteroatoms. The van der Waals surface area contributed by atoms with Gasteiger partial charge in [0.2, 0.25) is 0 Å². The van der Waals surface area contributed by atoms with Crippen molar-refractivity contribution >= 4 is 44.9 Å². The predicted octanol–water partition coefficient (Wildman–Crippen LogP) is 5.15. The van der Waals surface area contributed by atoms with E-state index in [2.05, 4.69) is 33.5 Å². The first-order valence-electron chi connectivity index (χ1n) is 8.81. The first-order chi connectivity index (χ1) is 13.0. The highest BCUT2D eigenvalue weighted by Gasteiger charge is 2.11. The summed E-state index contributed by atoms with van der Waals surface area (Å²) in [5.74, 6) is 1.15. The van der Waals surface area contributed by atoms with Crippen LogP contribution in [0, 0.1) is 0 Å². The lowest BCUT2D eigenvalue weighted by Gasteiger charge is -2.12. The van der Waals surface area contributed by atoms with Gasteiger partial charge in [0.1, 0.15) is 11.5 Å². The minimum Gasteiger partial charge on any atom is -0.494 e. The van der Waals surface area contributed by atoms with Crippen molar-refractivity contribution in [3.63, 3.8) is 0 Å². The molecule has 0 heterocycles. The quantitative estimate of drug-likeness (QED) is 0.429. The summed E-state index contributed by atoms with van der Waals surface area (Å²) in [5.41, 5.74) is 1.23. The van der Waals surface area contributed by atoms with Crippen molar-refractivity contribution in [3.05, 3.63) is 52.5 Å². The molecule has 2 N–H and O–H groups in total. The highest BCUT2D eigenvalue weighted by molar-refractivity contribution is 9.10. The van der Waals surface area contributed by atoms with Gasteiger partial charge in [-0.3, -0.25) is 10.1 Å². The fraction of sp³-hybridized carbons (Fsp3) is 0.300. The lowest BCUT2D eigenvalue weighted by atomic mass is 10.2. The van der Waals surface area contributed by atoms with E-state index in [1.165, 1.54) is 0 Å². The number of nitrogens with one attached hydrogen (secondary N) is 2. The zero-order valence-corrected chi connectivity index (χ0v) is 17.8. The van der Waals surface area contributed by atoms with Crippen LogP contribution in [0.2, 0.25) is 0 Å². The Kier molecular flexibility index (Phi) is 8.54. The third kappa shape index (κ3) is 6.84. The minimum atomic E-state index is -0.299. The Balaban J connectivity index is 1.94. The van der Waals surface area contributed by atoms with E-state index in [0.29, 0.717) is 29.0 Å². The first kappa shape index (κ1) is 21.2. The maximum atomic E-state index is 12.4. The number of ether oxygens (including phenoxy) is 2. The van der Waals surface area contributed by atoms with Crippen LogP contribution in [0.25, 0.3) is 0 Å². The van der Waals surface area contributed by atoms with Crippen LogP contribution in [0.1, 0.15) is 37.0 Å². The molecule has 2 aromatic carbocycles. The second-order valence-corrected chi connectivity index (χ2v) is 6.98. The molecule has 0 atom stereocenters. The molecule has 2 rings (SSSR count).